The molecule has 0 spiro atoms. The minimum Gasteiger partial charge on any atom is -0.484 e. The summed E-state index contributed by atoms with van der Waals surface area (Å²) < 4.78 is 5.13. The first kappa shape index (κ1) is 14.3. The quantitative estimate of drug-likeness (QED) is 0.649. The summed E-state index contributed by atoms with van der Waals surface area (Å²) in [6.45, 7) is 0.550. The molecule has 0 unspecified atom stereocenters. The van der Waals surface area contributed by atoms with E-state index < -0.39 is 5.91 Å². The molecule has 0 bridgehead atoms. The SMILES string of the molecule is NC(=O)COc1ccc(NC(=O)CCNC2CC2)cc1. The zero-order chi connectivity index (χ0) is 14.4. The van der Waals surface area contributed by atoms with Crippen molar-refractivity contribution in [3.8, 4) is 5.75 Å². The Kier molecular flexibility index (Phi) is 4.95. The zero-order valence-corrected chi connectivity index (χ0v) is 11.2. The van der Waals surface area contributed by atoms with Crippen LogP contribution in [0, 0.1) is 0 Å². The number of primary amides is 1. The number of hydrogen-bond acceptors (Lipinski definition) is 4. The molecule has 1 saturated carbocycles. The second-order valence-electron chi connectivity index (χ2n) is 4.81. The topological polar surface area (TPSA) is 93.5 Å². The van der Waals surface area contributed by atoms with Gasteiger partial charge in [0.05, 0.1) is 0 Å². The van der Waals surface area contributed by atoms with Gasteiger partial charge < -0.3 is 21.1 Å². The van der Waals surface area contributed by atoms with E-state index in [1.54, 1.807) is 24.3 Å². The van der Waals surface area contributed by atoms with Crippen LogP contribution < -0.4 is 21.1 Å². The van der Waals surface area contributed by atoms with Crippen LogP contribution in [0.25, 0.3) is 0 Å². The Hall–Kier alpha value is -2.08. The van der Waals surface area contributed by atoms with Gasteiger partial charge in [-0.1, -0.05) is 0 Å². The number of ether oxygens (including phenoxy) is 1. The van der Waals surface area contributed by atoms with Crippen LogP contribution in [0.15, 0.2) is 24.3 Å². The summed E-state index contributed by atoms with van der Waals surface area (Å²) in [4.78, 5) is 22.2. The lowest BCUT2D eigenvalue weighted by Gasteiger charge is -2.07. The first-order valence-electron chi connectivity index (χ1n) is 6.68. The standard InChI is InChI=1S/C14H19N3O3/c15-13(18)9-20-12-5-3-11(4-6-12)17-14(19)7-8-16-10-1-2-10/h3-6,10,16H,1-2,7-9H2,(H2,15,18)(H,17,19). The number of carbonyl (C=O) groups is 2. The molecule has 6 heteroatoms. The van der Waals surface area contributed by atoms with E-state index in [9.17, 15) is 9.59 Å². The Morgan fingerprint density at radius 2 is 1.95 bits per heavy atom. The number of amides is 2. The van der Waals surface area contributed by atoms with Gasteiger partial charge in [0, 0.05) is 24.7 Å². The number of carbonyl (C=O) groups excluding carboxylic acids is 2. The molecule has 1 aliphatic carbocycles. The van der Waals surface area contributed by atoms with Crippen LogP contribution in [0.5, 0.6) is 5.75 Å². The number of benzene rings is 1. The van der Waals surface area contributed by atoms with Crippen molar-refractivity contribution in [1.82, 2.24) is 5.32 Å². The molecule has 0 saturated heterocycles. The predicted octanol–water partition coefficient (Wildman–Crippen LogP) is 0.631. The van der Waals surface area contributed by atoms with Gasteiger partial charge in [-0.2, -0.15) is 0 Å². The maximum atomic E-state index is 11.7. The van der Waals surface area contributed by atoms with Crippen molar-refractivity contribution < 1.29 is 14.3 Å². The molecule has 20 heavy (non-hydrogen) atoms. The number of hydrogen-bond donors (Lipinski definition) is 3. The predicted molar refractivity (Wildman–Crippen MR) is 75.4 cm³/mol. The minimum atomic E-state index is -0.523. The van der Waals surface area contributed by atoms with Crippen LogP contribution in [0.1, 0.15) is 19.3 Å². The summed E-state index contributed by atoms with van der Waals surface area (Å²) in [6, 6.07) is 7.43. The van der Waals surface area contributed by atoms with Crippen molar-refractivity contribution in [3.63, 3.8) is 0 Å². The van der Waals surface area contributed by atoms with Gasteiger partial charge in [-0.25, -0.2) is 0 Å². The first-order chi connectivity index (χ1) is 9.63. The van der Waals surface area contributed by atoms with Crippen LogP contribution in [-0.2, 0) is 9.59 Å². The summed E-state index contributed by atoms with van der Waals surface area (Å²) in [6.07, 6.45) is 2.89. The molecule has 0 heterocycles. The Bertz CT molecular complexity index is 469. The number of anilines is 1. The van der Waals surface area contributed by atoms with Gasteiger partial charge in [-0.3, -0.25) is 9.59 Å². The van der Waals surface area contributed by atoms with E-state index in [0.717, 1.165) is 0 Å². The van der Waals surface area contributed by atoms with E-state index in [4.69, 9.17) is 10.5 Å². The minimum absolute atomic E-state index is 0.0241. The molecule has 0 atom stereocenters. The van der Waals surface area contributed by atoms with E-state index in [2.05, 4.69) is 10.6 Å². The fourth-order valence-corrected chi connectivity index (χ4v) is 1.69. The summed E-state index contributed by atoms with van der Waals surface area (Å²) in [7, 11) is 0. The molecular weight excluding hydrogens is 258 g/mol. The highest BCUT2D eigenvalue weighted by molar-refractivity contribution is 5.90. The maximum absolute atomic E-state index is 11.7. The molecule has 0 aromatic heterocycles. The van der Waals surface area contributed by atoms with Crippen LogP contribution in [-0.4, -0.2) is 31.0 Å². The lowest BCUT2D eigenvalue weighted by molar-refractivity contribution is -0.120. The highest BCUT2D eigenvalue weighted by Crippen LogP contribution is 2.18. The Morgan fingerprint density at radius 3 is 2.55 bits per heavy atom. The van der Waals surface area contributed by atoms with E-state index in [0.29, 0.717) is 30.4 Å². The lowest BCUT2D eigenvalue weighted by atomic mass is 10.3. The molecule has 6 nitrogen and oxygen atoms in total. The Labute approximate surface area is 117 Å². The van der Waals surface area contributed by atoms with Crippen LogP contribution >= 0.6 is 0 Å². The third-order valence-electron chi connectivity index (χ3n) is 2.88. The van der Waals surface area contributed by atoms with Crippen molar-refractivity contribution in [1.29, 1.82) is 0 Å². The summed E-state index contributed by atoms with van der Waals surface area (Å²) in [5.74, 6) is -0.00769. The molecule has 2 amide bonds. The third kappa shape index (κ3) is 5.27. The van der Waals surface area contributed by atoms with E-state index in [1.807, 2.05) is 0 Å². The largest absolute Gasteiger partial charge is 0.484 e. The number of nitrogens with one attached hydrogen (secondary N) is 2. The van der Waals surface area contributed by atoms with Gasteiger partial charge in [-0.15, -0.1) is 0 Å². The molecule has 1 aliphatic rings. The summed E-state index contributed by atoms with van der Waals surface area (Å²) >= 11 is 0. The average molecular weight is 277 g/mol. The van der Waals surface area contributed by atoms with Gasteiger partial charge in [0.1, 0.15) is 5.75 Å². The second kappa shape index (κ2) is 6.91. The molecule has 2 rings (SSSR count). The fraction of sp³-hybridized carbons (Fsp3) is 0.429. The fourth-order valence-electron chi connectivity index (χ4n) is 1.69. The van der Waals surface area contributed by atoms with Crippen molar-refractivity contribution in [2.24, 2.45) is 5.73 Å². The molecule has 1 fully saturated rings. The van der Waals surface area contributed by atoms with Crippen molar-refractivity contribution in [3.05, 3.63) is 24.3 Å². The zero-order valence-electron chi connectivity index (χ0n) is 11.2. The molecule has 1 aromatic rings. The second-order valence-corrected chi connectivity index (χ2v) is 4.81. The third-order valence-corrected chi connectivity index (χ3v) is 2.88. The molecule has 0 aliphatic heterocycles. The average Bonchev–Trinajstić information content (AvgIpc) is 3.22. The maximum Gasteiger partial charge on any atom is 0.255 e. The molecule has 4 N–H and O–H groups in total. The van der Waals surface area contributed by atoms with Crippen molar-refractivity contribution in [2.75, 3.05) is 18.5 Å². The molecule has 1 aromatic carbocycles. The highest BCUT2D eigenvalue weighted by atomic mass is 16.5. The van der Waals surface area contributed by atoms with E-state index >= 15 is 0 Å². The van der Waals surface area contributed by atoms with Gasteiger partial charge in [0.2, 0.25) is 5.91 Å². The molecule has 0 radical (unpaired) electrons. The first-order valence-corrected chi connectivity index (χ1v) is 6.68. The van der Waals surface area contributed by atoms with Crippen molar-refractivity contribution in [2.45, 2.75) is 25.3 Å². The Balaban J connectivity index is 1.71. The van der Waals surface area contributed by atoms with Gasteiger partial charge in [0.15, 0.2) is 6.61 Å². The van der Waals surface area contributed by atoms with Crippen LogP contribution in [0.4, 0.5) is 5.69 Å². The number of rotatable bonds is 8. The van der Waals surface area contributed by atoms with E-state index in [1.165, 1.54) is 12.8 Å². The van der Waals surface area contributed by atoms with Gasteiger partial charge in [-0.05, 0) is 37.1 Å². The Morgan fingerprint density at radius 1 is 1.25 bits per heavy atom. The highest BCUT2D eigenvalue weighted by Gasteiger charge is 2.20. The monoisotopic (exact) mass is 277 g/mol. The lowest BCUT2D eigenvalue weighted by Crippen LogP contribution is -2.23. The smallest absolute Gasteiger partial charge is 0.255 e. The normalized spacial score (nSPS) is 13.8. The molecule has 108 valence electrons. The van der Waals surface area contributed by atoms with Gasteiger partial charge >= 0.3 is 0 Å². The van der Waals surface area contributed by atoms with Gasteiger partial charge in [0.25, 0.3) is 5.91 Å². The number of nitrogens with two attached hydrogens (primary N) is 1. The van der Waals surface area contributed by atoms with Crippen molar-refractivity contribution >= 4 is 17.5 Å². The van der Waals surface area contributed by atoms with Crippen LogP contribution in [0.2, 0.25) is 0 Å². The summed E-state index contributed by atoms with van der Waals surface area (Å²) in [5.41, 5.74) is 5.68. The van der Waals surface area contributed by atoms with Crippen LogP contribution in [0.3, 0.4) is 0 Å². The summed E-state index contributed by atoms with van der Waals surface area (Å²) in [5, 5.41) is 6.09. The molecular formula is C14H19N3O3. The van der Waals surface area contributed by atoms with E-state index in [-0.39, 0.29) is 12.5 Å².